The number of hydrogen-bond donors (Lipinski definition) is 2. The number of hydrogen-bond acceptors (Lipinski definition) is 5. The lowest BCUT2D eigenvalue weighted by atomic mass is 10.2. The van der Waals surface area contributed by atoms with E-state index in [2.05, 4.69) is 10.1 Å². The Labute approximate surface area is 195 Å². The number of phenolic OH excluding ortho intramolecular Hbond substituents is 1. The van der Waals surface area contributed by atoms with Crippen LogP contribution in [0.3, 0.4) is 0 Å². The highest BCUT2D eigenvalue weighted by molar-refractivity contribution is 7.99. The number of carbonyl (C=O) groups excluding carboxylic acids is 1. The number of phenols is 1. The Hall–Kier alpha value is -2.93. The summed E-state index contributed by atoms with van der Waals surface area (Å²) in [6.07, 6.45) is -19.6. The van der Waals surface area contributed by atoms with E-state index in [1.165, 1.54) is 6.92 Å². The van der Waals surface area contributed by atoms with Gasteiger partial charge in [0.2, 0.25) is 5.95 Å². The molecule has 1 heterocycles. The van der Waals surface area contributed by atoms with E-state index in [0.717, 1.165) is 11.4 Å². The Kier molecular flexibility index (Phi) is 9.50. The lowest BCUT2D eigenvalue weighted by Crippen LogP contribution is -2.31. The summed E-state index contributed by atoms with van der Waals surface area (Å²) < 4.78 is 156. The van der Waals surface area contributed by atoms with Gasteiger partial charge in [0, 0.05) is 6.07 Å². The van der Waals surface area contributed by atoms with Crippen molar-refractivity contribution in [3.63, 3.8) is 0 Å². The molecule has 6 nitrogen and oxygen atoms in total. The minimum Gasteiger partial charge on any atom is -0.508 e. The third-order valence-electron chi connectivity index (χ3n) is 3.37. The van der Waals surface area contributed by atoms with Crippen molar-refractivity contribution in [2.45, 2.75) is 31.6 Å². The number of thioether (sulfide) groups is 1. The van der Waals surface area contributed by atoms with Gasteiger partial charge in [0.15, 0.2) is 0 Å². The number of amides is 1. The van der Waals surface area contributed by atoms with Crippen LogP contribution in [0.1, 0.15) is 11.4 Å². The number of aromatic nitrogens is 3. The normalized spacial score (nSPS) is 12.7. The van der Waals surface area contributed by atoms with E-state index in [0.29, 0.717) is 6.07 Å². The van der Waals surface area contributed by atoms with Crippen LogP contribution < -0.4 is 5.32 Å². The molecule has 0 bridgehead atoms. The zero-order chi connectivity index (χ0) is 28.3. The summed E-state index contributed by atoms with van der Waals surface area (Å²) in [6.45, 7) is 1.27. The van der Waals surface area contributed by atoms with Crippen molar-refractivity contribution in [2.24, 2.45) is 0 Å². The maximum atomic E-state index is 14.0. The molecule has 0 aliphatic rings. The van der Waals surface area contributed by atoms with Gasteiger partial charge in [-0.3, -0.25) is 10.1 Å². The van der Waals surface area contributed by atoms with E-state index in [-0.39, 0.29) is 22.0 Å². The third-order valence-corrected chi connectivity index (χ3v) is 4.43. The molecule has 1 aromatic carbocycles. The molecule has 36 heavy (non-hydrogen) atoms. The molecule has 1 amide bonds. The predicted molar refractivity (Wildman–Crippen MR) is 96.8 cm³/mol. The van der Waals surface area contributed by atoms with Crippen LogP contribution >= 0.6 is 11.8 Å². The Morgan fingerprint density at radius 3 is 1.89 bits per heavy atom. The minimum absolute atomic E-state index is 0.000949. The SMILES string of the molecule is Cc1cc(F)c(-n2nc(C(F)(F)F)nc2NC(=O)C(F)(F)F)cc1O.FC(F)(F)CSCC(F)(F)F. The predicted octanol–water partition coefficient (Wildman–Crippen LogP) is 5.78. The molecule has 20 heteroatoms. The molecule has 0 aliphatic heterocycles. The second kappa shape index (κ2) is 11.0. The first-order valence-corrected chi connectivity index (χ1v) is 9.80. The quantitative estimate of drug-likeness (QED) is 0.456. The van der Waals surface area contributed by atoms with Crippen LogP contribution in [-0.4, -0.2) is 55.8 Å². The molecular formula is C16H11F13N4O2S. The number of aryl methyl sites for hydroxylation is 1. The van der Waals surface area contributed by atoms with E-state index in [1.807, 2.05) is 0 Å². The van der Waals surface area contributed by atoms with Gasteiger partial charge in [-0.2, -0.15) is 62.4 Å². The van der Waals surface area contributed by atoms with Gasteiger partial charge < -0.3 is 5.11 Å². The Morgan fingerprint density at radius 2 is 1.47 bits per heavy atom. The van der Waals surface area contributed by atoms with Crippen LogP contribution in [0.2, 0.25) is 0 Å². The van der Waals surface area contributed by atoms with Crippen molar-refractivity contribution < 1.29 is 67.0 Å². The highest BCUT2D eigenvalue weighted by Crippen LogP contribution is 2.31. The maximum Gasteiger partial charge on any atom is 0.471 e. The van der Waals surface area contributed by atoms with Crippen LogP contribution in [0.5, 0.6) is 5.75 Å². The molecular weight excluding hydrogens is 559 g/mol. The summed E-state index contributed by atoms with van der Waals surface area (Å²) in [5, 5.41) is 13.5. The molecule has 0 unspecified atom stereocenters. The van der Waals surface area contributed by atoms with Crippen molar-refractivity contribution in [1.82, 2.24) is 14.8 Å². The zero-order valence-corrected chi connectivity index (χ0v) is 17.9. The Morgan fingerprint density at radius 1 is 0.972 bits per heavy atom. The molecule has 2 rings (SSSR count). The van der Waals surface area contributed by atoms with E-state index >= 15 is 0 Å². The van der Waals surface area contributed by atoms with Crippen LogP contribution in [0, 0.1) is 12.7 Å². The van der Waals surface area contributed by atoms with E-state index in [1.54, 1.807) is 0 Å². The molecule has 0 radical (unpaired) electrons. The van der Waals surface area contributed by atoms with Crippen LogP contribution in [0.4, 0.5) is 63.0 Å². The summed E-state index contributed by atoms with van der Waals surface area (Å²) in [6, 6.07) is 1.34. The van der Waals surface area contributed by atoms with Crippen molar-refractivity contribution in [3.8, 4) is 11.4 Å². The fourth-order valence-electron chi connectivity index (χ4n) is 1.95. The van der Waals surface area contributed by atoms with Gasteiger partial charge in [-0.05, 0) is 18.6 Å². The molecule has 1 aromatic heterocycles. The van der Waals surface area contributed by atoms with Gasteiger partial charge in [-0.15, -0.1) is 16.9 Å². The number of nitrogens with one attached hydrogen (secondary N) is 1. The minimum atomic E-state index is -5.43. The summed E-state index contributed by atoms with van der Waals surface area (Å²) >= 11 is -0.183. The molecule has 2 aromatic rings. The first-order chi connectivity index (χ1) is 16.0. The molecule has 2 N–H and O–H groups in total. The Balaban J connectivity index is 0.000000497. The first kappa shape index (κ1) is 31.1. The zero-order valence-electron chi connectivity index (χ0n) is 17.1. The Bertz CT molecular complexity index is 1040. The number of nitrogens with zero attached hydrogens (tertiary/aromatic N) is 3. The lowest BCUT2D eigenvalue weighted by Gasteiger charge is -2.10. The molecule has 0 spiro atoms. The lowest BCUT2D eigenvalue weighted by molar-refractivity contribution is -0.167. The highest BCUT2D eigenvalue weighted by atomic mass is 32.2. The first-order valence-electron chi connectivity index (χ1n) is 8.64. The number of rotatable bonds is 4. The summed E-state index contributed by atoms with van der Waals surface area (Å²) in [5.74, 6) is -10.5. The molecule has 204 valence electrons. The van der Waals surface area contributed by atoms with Gasteiger partial charge in [0.1, 0.15) is 17.3 Å². The standard InChI is InChI=1S/C12H7F7N4O2.C4H4F6S/c1-4-2-5(13)6(3-7(4)24)23-10(21-9(25)12(17,18)19)20-8(22-23)11(14,15)16;5-3(6,7)1-11-2-4(8,9)10/h2-3,24H,1H3,(H,20,21,22,25);1-2H2. The monoisotopic (exact) mass is 570 g/mol. The number of alkyl halides is 12. The number of carbonyl (C=O) groups is 1. The molecule has 0 saturated heterocycles. The van der Waals surface area contributed by atoms with Crippen LogP contribution in [0.25, 0.3) is 5.69 Å². The van der Waals surface area contributed by atoms with Crippen LogP contribution in [0.15, 0.2) is 12.1 Å². The smallest absolute Gasteiger partial charge is 0.471 e. The van der Waals surface area contributed by atoms with Gasteiger partial charge in [0.05, 0.1) is 11.5 Å². The van der Waals surface area contributed by atoms with Gasteiger partial charge in [0.25, 0.3) is 5.82 Å². The number of anilines is 1. The third kappa shape index (κ3) is 9.97. The molecule has 0 aliphatic carbocycles. The molecule has 0 saturated carbocycles. The molecule has 0 fully saturated rings. The number of aromatic hydroxyl groups is 1. The van der Waals surface area contributed by atoms with Crippen molar-refractivity contribution in [3.05, 3.63) is 29.3 Å². The molecule has 0 atom stereocenters. The summed E-state index contributed by atoms with van der Waals surface area (Å²) in [7, 11) is 0. The fourth-order valence-corrected chi connectivity index (χ4v) is 2.51. The van der Waals surface area contributed by atoms with Crippen molar-refractivity contribution >= 4 is 23.6 Å². The van der Waals surface area contributed by atoms with E-state index in [9.17, 15) is 67.0 Å². The second-order valence-corrected chi connectivity index (χ2v) is 7.42. The average Bonchev–Trinajstić information content (AvgIpc) is 3.06. The van der Waals surface area contributed by atoms with Crippen LogP contribution in [-0.2, 0) is 11.0 Å². The second-order valence-electron chi connectivity index (χ2n) is 6.43. The van der Waals surface area contributed by atoms with E-state index < -0.39 is 71.1 Å². The largest absolute Gasteiger partial charge is 0.508 e. The van der Waals surface area contributed by atoms with Gasteiger partial charge in [-0.1, -0.05) is 0 Å². The fraction of sp³-hybridized carbons (Fsp3) is 0.438. The van der Waals surface area contributed by atoms with E-state index in [4.69, 9.17) is 0 Å². The number of benzene rings is 1. The van der Waals surface area contributed by atoms with Crippen molar-refractivity contribution in [1.29, 1.82) is 0 Å². The van der Waals surface area contributed by atoms with Gasteiger partial charge in [-0.25, -0.2) is 4.39 Å². The number of halogens is 13. The van der Waals surface area contributed by atoms with Crippen molar-refractivity contribution in [2.75, 3.05) is 16.8 Å². The average molecular weight is 570 g/mol. The highest BCUT2D eigenvalue weighted by Gasteiger charge is 2.42. The van der Waals surface area contributed by atoms with Gasteiger partial charge >= 0.3 is 30.6 Å². The topological polar surface area (TPSA) is 80.0 Å². The maximum absolute atomic E-state index is 14.0. The summed E-state index contributed by atoms with van der Waals surface area (Å²) in [5.41, 5.74) is -0.832. The summed E-state index contributed by atoms with van der Waals surface area (Å²) in [4.78, 5) is 13.7.